The molecule has 1 atom stereocenters. The van der Waals surface area contributed by atoms with Gasteiger partial charge in [-0.25, -0.2) is 4.98 Å². The van der Waals surface area contributed by atoms with Gasteiger partial charge in [0.15, 0.2) is 5.75 Å². The maximum atomic E-state index is 13.4. The molecule has 0 N–H and O–H groups in total. The maximum absolute atomic E-state index is 13.4. The minimum Gasteiger partial charge on any atom is -0.490 e. The van der Waals surface area contributed by atoms with E-state index < -0.39 is 4.92 Å². The molecular formula is C28H27BrN4O5. The first-order chi connectivity index (χ1) is 18.3. The van der Waals surface area contributed by atoms with Gasteiger partial charge in [-0.15, -0.1) is 0 Å². The van der Waals surface area contributed by atoms with Gasteiger partial charge in [-0.05, 0) is 43.2 Å². The molecule has 0 amide bonds. The van der Waals surface area contributed by atoms with Crippen molar-refractivity contribution in [2.45, 2.75) is 39.7 Å². The fraction of sp³-hybridized carbons (Fsp3) is 0.250. The average molecular weight is 579 g/mol. The summed E-state index contributed by atoms with van der Waals surface area (Å²) in [6.45, 7) is 6.17. The van der Waals surface area contributed by atoms with Crippen LogP contribution in [0, 0.1) is 10.1 Å². The van der Waals surface area contributed by atoms with Crippen LogP contribution in [-0.2, 0) is 6.61 Å². The highest BCUT2D eigenvalue weighted by molar-refractivity contribution is 9.10. The van der Waals surface area contributed by atoms with Crippen molar-refractivity contribution in [1.29, 1.82) is 0 Å². The molecule has 0 unspecified atom stereocenters. The van der Waals surface area contributed by atoms with Crippen LogP contribution in [0.5, 0.6) is 11.5 Å². The lowest BCUT2D eigenvalue weighted by atomic mass is 10.1. The zero-order valence-corrected chi connectivity index (χ0v) is 22.8. The smallest absolute Gasteiger partial charge is 0.315 e. The predicted octanol–water partition coefficient (Wildman–Crippen LogP) is 6.44. The zero-order chi connectivity index (χ0) is 27.2. The molecule has 10 heteroatoms. The van der Waals surface area contributed by atoms with Gasteiger partial charge in [-0.2, -0.15) is 9.78 Å². The number of nitro benzene ring substituents is 1. The molecule has 0 radical (unpaired) electrons. The molecule has 9 nitrogen and oxygen atoms in total. The Hall–Kier alpha value is -4.05. The van der Waals surface area contributed by atoms with Crippen molar-refractivity contribution >= 4 is 38.7 Å². The van der Waals surface area contributed by atoms with E-state index in [1.54, 1.807) is 25.1 Å². The van der Waals surface area contributed by atoms with E-state index in [9.17, 15) is 14.9 Å². The normalized spacial score (nSPS) is 12.1. The summed E-state index contributed by atoms with van der Waals surface area (Å²) in [6.07, 6.45) is 2.15. The van der Waals surface area contributed by atoms with Crippen molar-refractivity contribution in [3.05, 3.63) is 103 Å². The summed E-state index contributed by atoms with van der Waals surface area (Å²) >= 11 is 3.40. The van der Waals surface area contributed by atoms with E-state index in [4.69, 9.17) is 14.5 Å². The number of fused-ring (bicyclic) bond motifs is 1. The molecule has 1 aromatic heterocycles. The van der Waals surface area contributed by atoms with E-state index in [0.717, 1.165) is 16.5 Å². The molecule has 3 aromatic carbocycles. The molecule has 38 heavy (non-hydrogen) atoms. The van der Waals surface area contributed by atoms with Crippen molar-refractivity contribution in [1.82, 2.24) is 9.66 Å². The molecule has 1 heterocycles. The lowest BCUT2D eigenvalue weighted by Crippen LogP contribution is -2.23. The average Bonchev–Trinajstić information content (AvgIpc) is 2.92. The first-order valence-corrected chi connectivity index (χ1v) is 13.0. The van der Waals surface area contributed by atoms with Crippen LogP contribution in [-0.4, -0.2) is 27.4 Å². The Balaban J connectivity index is 1.79. The van der Waals surface area contributed by atoms with E-state index in [1.165, 1.54) is 17.0 Å². The summed E-state index contributed by atoms with van der Waals surface area (Å²) in [4.78, 5) is 29.6. The minimum atomic E-state index is -0.522. The molecule has 0 bridgehead atoms. The molecule has 0 saturated carbocycles. The van der Waals surface area contributed by atoms with Gasteiger partial charge in [0, 0.05) is 22.0 Å². The number of halogens is 1. The molecule has 4 aromatic rings. The molecule has 0 aliphatic heterocycles. The molecule has 0 spiro atoms. The molecule has 0 aliphatic carbocycles. The fourth-order valence-corrected chi connectivity index (χ4v) is 4.22. The van der Waals surface area contributed by atoms with Crippen LogP contribution in [0.4, 0.5) is 5.69 Å². The van der Waals surface area contributed by atoms with Crippen LogP contribution < -0.4 is 15.0 Å². The number of hydrogen-bond acceptors (Lipinski definition) is 7. The van der Waals surface area contributed by atoms with Crippen molar-refractivity contribution in [3.8, 4) is 11.5 Å². The van der Waals surface area contributed by atoms with E-state index in [-0.39, 0.29) is 41.9 Å². The number of hydrogen-bond donors (Lipinski definition) is 0. The van der Waals surface area contributed by atoms with Gasteiger partial charge in [-0.3, -0.25) is 14.9 Å². The number of rotatable bonds is 10. The lowest BCUT2D eigenvalue weighted by molar-refractivity contribution is -0.386. The third-order valence-corrected chi connectivity index (χ3v) is 6.48. The molecule has 0 saturated heterocycles. The number of benzene rings is 3. The highest BCUT2D eigenvalue weighted by atomic mass is 79.9. The van der Waals surface area contributed by atoms with Crippen molar-refractivity contribution < 1.29 is 14.4 Å². The Morgan fingerprint density at radius 1 is 1.13 bits per heavy atom. The maximum Gasteiger partial charge on any atom is 0.315 e. The largest absolute Gasteiger partial charge is 0.490 e. The molecule has 0 aliphatic rings. The predicted molar refractivity (Wildman–Crippen MR) is 150 cm³/mol. The zero-order valence-electron chi connectivity index (χ0n) is 21.3. The summed E-state index contributed by atoms with van der Waals surface area (Å²) in [7, 11) is 0. The molecule has 196 valence electrons. The van der Waals surface area contributed by atoms with Crippen LogP contribution >= 0.6 is 15.9 Å². The van der Waals surface area contributed by atoms with E-state index in [0.29, 0.717) is 22.3 Å². The van der Waals surface area contributed by atoms with Crippen molar-refractivity contribution in [2.75, 3.05) is 6.61 Å². The summed E-state index contributed by atoms with van der Waals surface area (Å²) in [5, 5.41) is 16.8. The fourth-order valence-electron chi connectivity index (χ4n) is 3.86. The van der Waals surface area contributed by atoms with Gasteiger partial charge < -0.3 is 9.47 Å². The standard InChI is InChI=1S/C28H27BrN4O5/c1-4-18(3)27-31-23-12-11-21(29)15-22(23)28(34)32(27)30-16-20-13-24(33(35)36)26(25(14-20)37-5-2)38-17-19-9-7-6-8-10-19/h6-16,18H,4-5,17H2,1-3H3/t18-/m0/s1. The quantitative estimate of drug-likeness (QED) is 0.122. The summed E-state index contributed by atoms with van der Waals surface area (Å²) in [6, 6.07) is 17.6. The van der Waals surface area contributed by atoms with Gasteiger partial charge in [0.1, 0.15) is 12.4 Å². The minimum absolute atomic E-state index is 0.0348. The third kappa shape index (κ3) is 5.91. The van der Waals surface area contributed by atoms with Crippen LogP contribution in [0.3, 0.4) is 0 Å². The summed E-state index contributed by atoms with van der Waals surface area (Å²) in [5.74, 6) is 0.711. The first-order valence-electron chi connectivity index (χ1n) is 12.2. The number of ether oxygens (including phenoxy) is 2. The van der Waals surface area contributed by atoms with Crippen LogP contribution in [0.25, 0.3) is 10.9 Å². The molecule has 0 fully saturated rings. The topological polar surface area (TPSA) is 109 Å². The number of nitro groups is 1. The molecular weight excluding hydrogens is 552 g/mol. The highest BCUT2D eigenvalue weighted by Crippen LogP contribution is 2.39. The summed E-state index contributed by atoms with van der Waals surface area (Å²) in [5.41, 5.74) is 1.23. The van der Waals surface area contributed by atoms with Gasteiger partial charge >= 0.3 is 5.69 Å². The van der Waals surface area contributed by atoms with Crippen LogP contribution in [0.15, 0.2) is 75.0 Å². The van der Waals surface area contributed by atoms with E-state index in [2.05, 4.69) is 21.0 Å². The van der Waals surface area contributed by atoms with Crippen LogP contribution in [0.2, 0.25) is 0 Å². The Kier molecular flexibility index (Phi) is 8.52. The monoisotopic (exact) mass is 578 g/mol. The second-order valence-electron chi connectivity index (χ2n) is 8.63. The SMILES string of the molecule is CCOc1cc(C=Nn2c([C@@H](C)CC)nc3ccc(Br)cc3c2=O)cc([N+](=O)[O-])c1OCc1ccccc1. The van der Waals surface area contributed by atoms with E-state index >= 15 is 0 Å². The Morgan fingerprint density at radius 3 is 2.58 bits per heavy atom. The van der Waals surface area contributed by atoms with Gasteiger partial charge in [0.25, 0.3) is 5.56 Å². The third-order valence-electron chi connectivity index (χ3n) is 5.99. The number of nitrogens with zero attached hydrogens (tertiary/aromatic N) is 4. The van der Waals surface area contributed by atoms with Gasteiger partial charge in [-0.1, -0.05) is 60.1 Å². The Bertz CT molecular complexity index is 1550. The Morgan fingerprint density at radius 2 is 1.89 bits per heavy atom. The van der Waals surface area contributed by atoms with Crippen molar-refractivity contribution in [2.24, 2.45) is 5.10 Å². The van der Waals surface area contributed by atoms with E-state index in [1.807, 2.05) is 50.2 Å². The second kappa shape index (κ2) is 12.0. The lowest BCUT2D eigenvalue weighted by Gasteiger charge is -2.14. The summed E-state index contributed by atoms with van der Waals surface area (Å²) < 4.78 is 13.6. The number of aromatic nitrogens is 2. The van der Waals surface area contributed by atoms with Crippen LogP contribution in [0.1, 0.15) is 50.1 Å². The second-order valence-corrected chi connectivity index (χ2v) is 9.55. The van der Waals surface area contributed by atoms with Gasteiger partial charge in [0.05, 0.1) is 28.6 Å². The van der Waals surface area contributed by atoms with Gasteiger partial charge in [0.2, 0.25) is 5.75 Å². The highest BCUT2D eigenvalue weighted by Gasteiger charge is 2.23. The Labute approximate surface area is 228 Å². The molecule has 4 rings (SSSR count). The van der Waals surface area contributed by atoms with Crippen molar-refractivity contribution in [3.63, 3.8) is 0 Å². The first kappa shape index (κ1) is 27.0.